The van der Waals surface area contributed by atoms with Crippen LogP contribution in [-0.2, 0) is 6.42 Å². The largest absolute Gasteiger partial charge is 0.323 e. The summed E-state index contributed by atoms with van der Waals surface area (Å²) in [4.78, 5) is 2.05. The fourth-order valence-corrected chi connectivity index (χ4v) is 2.06. The molecule has 1 aromatic rings. The number of aryl methyl sites for hydroxylation is 1. The normalized spacial score (nSPS) is 12.6. The predicted molar refractivity (Wildman–Crippen MR) is 58.5 cm³/mol. The summed E-state index contributed by atoms with van der Waals surface area (Å²) in [6.07, 6.45) is -1.63. The molecule has 0 aliphatic carbocycles. The van der Waals surface area contributed by atoms with Crippen molar-refractivity contribution >= 4 is 23.7 Å². The molecule has 0 unspecified atom stereocenters. The fourth-order valence-electron chi connectivity index (χ4n) is 1.09. The highest BCUT2D eigenvalue weighted by atomic mass is 35.5. The molecule has 0 bridgehead atoms. The van der Waals surface area contributed by atoms with Crippen LogP contribution >= 0.6 is 23.7 Å². The molecule has 0 amide bonds. The molecule has 0 spiro atoms. The van der Waals surface area contributed by atoms with Gasteiger partial charge in [0.25, 0.3) is 0 Å². The summed E-state index contributed by atoms with van der Waals surface area (Å²) in [6.45, 7) is 2.04. The van der Waals surface area contributed by atoms with Crippen LogP contribution in [0.4, 0.5) is 8.78 Å². The first kappa shape index (κ1) is 13.8. The third kappa shape index (κ3) is 3.90. The molecule has 0 aliphatic heterocycles. The smallest absolute Gasteiger partial charge is 0.240 e. The maximum atomic E-state index is 12.0. The van der Waals surface area contributed by atoms with Crippen LogP contribution in [0, 0.1) is 0 Å². The summed E-state index contributed by atoms with van der Waals surface area (Å²) in [7, 11) is 0. The van der Waals surface area contributed by atoms with E-state index in [1.807, 2.05) is 19.1 Å². The number of hydrogen-bond acceptors (Lipinski definition) is 2. The summed E-state index contributed by atoms with van der Waals surface area (Å²) in [5.41, 5.74) is 5.59. The topological polar surface area (TPSA) is 26.0 Å². The van der Waals surface area contributed by atoms with Crippen LogP contribution in [0.2, 0.25) is 0 Å². The third-order valence-corrected chi connectivity index (χ3v) is 3.19. The monoisotopic (exact) mass is 241 g/mol. The van der Waals surface area contributed by atoms with Gasteiger partial charge < -0.3 is 5.73 Å². The highest BCUT2D eigenvalue weighted by Gasteiger charge is 2.14. The van der Waals surface area contributed by atoms with Gasteiger partial charge in [-0.2, -0.15) is 0 Å². The molecule has 0 aliphatic rings. The van der Waals surface area contributed by atoms with Gasteiger partial charge in [0.1, 0.15) is 0 Å². The molecule has 14 heavy (non-hydrogen) atoms. The minimum Gasteiger partial charge on any atom is -0.323 e. The Morgan fingerprint density at radius 3 is 2.50 bits per heavy atom. The Labute approximate surface area is 92.7 Å². The summed E-state index contributed by atoms with van der Waals surface area (Å²) in [6, 6.07) is 3.28. The summed E-state index contributed by atoms with van der Waals surface area (Å²) < 4.78 is 24.0. The molecule has 0 radical (unpaired) electrons. The van der Waals surface area contributed by atoms with E-state index in [0.717, 1.165) is 11.3 Å². The maximum absolute atomic E-state index is 12.0. The van der Waals surface area contributed by atoms with Gasteiger partial charge in [-0.25, -0.2) is 8.78 Å². The van der Waals surface area contributed by atoms with Gasteiger partial charge in [-0.3, -0.25) is 0 Å². The second-order valence-electron chi connectivity index (χ2n) is 2.89. The molecule has 1 rings (SSSR count). The van der Waals surface area contributed by atoms with E-state index in [9.17, 15) is 8.78 Å². The van der Waals surface area contributed by atoms with E-state index in [2.05, 4.69) is 0 Å². The van der Waals surface area contributed by atoms with Gasteiger partial charge in [0.05, 0.1) is 0 Å². The third-order valence-electron chi connectivity index (χ3n) is 1.83. The first-order valence-corrected chi connectivity index (χ1v) is 5.07. The van der Waals surface area contributed by atoms with Crippen molar-refractivity contribution < 1.29 is 8.78 Å². The average molecular weight is 242 g/mol. The SMILES string of the molecule is CCc1ccc([C@H](N)CC(F)F)s1.Cl. The van der Waals surface area contributed by atoms with Gasteiger partial charge in [-0.15, -0.1) is 23.7 Å². The molecular weight excluding hydrogens is 228 g/mol. The van der Waals surface area contributed by atoms with Crippen molar-refractivity contribution in [3.05, 3.63) is 21.9 Å². The molecule has 0 fully saturated rings. The zero-order chi connectivity index (χ0) is 9.84. The predicted octanol–water partition coefficient (Wildman–Crippen LogP) is 3.39. The van der Waals surface area contributed by atoms with Crippen molar-refractivity contribution in [2.24, 2.45) is 5.73 Å². The van der Waals surface area contributed by atoms with Crippen molar-refractivity contribution in [2.45, 2.75) is 32.2 Å². The molecule has 0 saturated heterocycles. The van der Waals surface area contributed by atoms with Gasteiger partial charge in [0.2, 0.25) is 6.43 Å². The van der Waals surface area contributed by atoms with E-state index in [1.54, 1.807) is 0 Å². The molecule has 0 aromatic carbocycles. The highest BCUT2D eigenvalue weighted by Crippen LogP contribution is 2.25. The maximum Gasteiger partial charge on any atom is 0.240 e. The van der Waals surface area contributed by atoms with E-state index in [4.69, 9.17) is 5.73 Å². The zero-order valence-electron chi connectivity index (χ0n) is 7.87. The Bertz CT molecular complexity index is 265. The lowest BCUT2D eigenvalue weighted by molar-refractivity contribution is 0.129. The summed E-state index contributed by atoms with van der Waals surface area (Å²) >= 11 is 1.52. The van der Waals surface area contributed by atoms with Crippen molar-refractivity contribution in [3.8, 4) is 0 Å². The Morgan fingerprint density at radius 2 is 2.07 bits per heavy atom. The van der Waals surface area contributed by atoms with Crippen LogP contribution in [0.25, 0.3) is 0 Å². The molecule has 2 N–H and O–H groups in total. The summed E-state index contributed by atoms with van der Waals surface area (Å²) in [5, 5.41) is 0. The van der Waals surface area contributed by atoms with E-state index in [-0.39, 0.29) is 18.8 Å². The molecule has 1 atom stereocenters. The Kier molecular flexibility index (Phi) is 6.24. The number of thiophene rings is 1. The molecule has 1 aromatic heterocycles. The van der Waals surface area contributed by atoms with E-state index < -0.39 is 12.5 Å². The van der Waals surface area contributed by atoms with Gasteiger partial charge in [-0.05, 0) is 18.6 Å². The summed E-state index contributed by atoms with van der Waals surface area (Å²) in [5.74, 6) is 0. The van der Waals surface area contributed by atoms with Crippen LogP contribution in [0.5, 0.6) is 0 Å². The second-order valence-corrected chi connectivity index (χ2v) is 4.09. The standard InChI is InChI=1S/C9H13F2NS.ClH/c1-2-6-3-4-8(13-6)7(12)5-9(10)11;/h3-4,7,9H,2,5,12H2,1H3;1H/t7-;/m1./s1. The molecule has 0 saturated carbocycles. The minimum absolute atomic E-state index is 0. The first-order valence-electron chi connectivity index (χ1n) is 4.25. The highest BCUT2D eigenvalue weighted by molar-refractivity contribution is 7.12. The quantitative estimate of drug-likeness (QED) is 0.859. The van der Waals surface area contributed by atoms with Crippen molar-refractivity contribution in [1.29, 1.82) is 0 Å². The number of halogens is 3. The Morgan fingerprint density at radius 1 is 1.43 bits per heavy atom. The minimum atomic E-state index is -2.32. The van der Waals surface area contributed by atoms with Gasteiger partial charge >= 0.3 is 0 Å². The molecule has 82 valence electrons. The van der Waals surface area contributed by atoms with Gasteiger partial charge in [0, 0.05) is 22.2 Å². The van der Waals surface area contributed by atoms with Crippen molar-refractivity contribution in [3.63, 3.8) is 0 Å². The van der Waals surface area contributed by atoms with Crippen molar-refractivity contribution in [1.82, 2.24) is 0 Å². The van der Waals surface area contributed by atoms with Gasteiger partial charge in [0.15, 0.2) is 0 Å². The van der Waals surface area contributed by atoms with E-state index in [1.165, 1.54) is 16.2 Å². The van der Waals surface area contributed by atoms with Crippen LogP contribution in [0.1, 0.15) is 29.1 Å². The first-order chi connectivity index (χ1) is 6.13. The molecule has 1 heterocycles. The molecular formula is C9H14ClF2NS. The lowest BCUT2D eigenvalue weighted by Gasteiger charge is -2.07. The van der Waals surface area contributed by atoms with Crippen LogP contribution in [-0.4, -0.2) is 6.43 Å². The fraction of sp³-hybridized carbons (Fsp3) is 0.556. The number of hydrogen-bond donors (Lipinski definition) is 1. The number of nitrogens with two attached hydrogens (primary N) is 1. The Hall–Kier alpha value is -0.190. The Balaban J connectivity index is 0.00000169. The zero-order valence-corrected chi connectivity index (χ0v) is 9.51. The van der Waals surface area contributed by atoms with Gasteiger partial charge in [-0.1, -0.05) is 6.92 Å². The molecule has 5 heteroatoms. The van der Waals surface area contributed by atoms with Crippen LogP contribution in [0.15, 0.2) is 12.1 Å². The lowest BCUT2D eigenvalue weighted by atomic mass is 10.2. The van der Waals surface area contributed by atoms with Crippen LogP contribution < -0.4 is 5.73 Å². The second kappa shape index (κ2) is 6.32. The number of alkyl halides is 2. The molecule has 1 nitrogen and oxygen atoms in total. The lowest BCUT2D eigenvalue weighted by Crippen LogP contribution is -2.12. The van der Waals surface area contributed by atoms with Crippen molar-refractivity contribution in [2.75, 3.05) is 0 Å². The van der Waals surface area contributed by atoms with E-state index >= 15 is 0 Å². The van der Waals surface area contributed by atoms with Crippen LogP contribution in [0.3, 0.4) is 0 Å². The average Bonchev–Trinajstić information content (AvgIpc) is 2.50. The number of rotatable bonds is 4. The van der Waals surface area contributed by atoms with E-state index in [0.29, 0.717) is 0 Å².